The maximum Gasteiger partial charge on any atom is 0.339 e. The monoisotopic (exact) mass is 418 g/mol. The van der Waals surface area contributed by atoms with Crippen molar-refractivity contribution in [3.05, 3.63) is 54.1 Å². The Bertz CT molecular complexity index is 1170. The van der Waals surface area contributed by atoms with Crippen molar-refractivity contribution in [2.75, 3.05) is 13.2 Å². The molecular formula is C24H22N2O5. The molecule has 1 aliphatic carbocycles. The molecule has 1 atom stereocenters. The normalized spacial score (nSPS) is 15.9. The molecular weight excluding hydrogens is 396 g/mol. The topological polar surface area (TPSA) is 86.8 Å². The number of carbonyl (C=O) groups excluding carboxylic acids is 2. The van der Waals surface area contributed by atoms with E-state index in [-0.39, 0.29) is 11.9 Å². The van der Waals surface area contributed by atoms with Gasteiger partial charge in [0.1, 0.15) is 13.2 Å². The predicted octanol–water partition coefficient (Wildman–Crippen LogP) is 3.50. The number of pyridine rings is 1. The van der Waals surface area contributed by atoms with Gasteiger partial charge in [0.15, 0.2) is 17.6 Å². The van der Waals surface area contributed by atoms with E-state index in [0.717, 1.165) is 18.4 Å². The number of ether oxygens (including phenoxy) is 3. The number of nitrogens with zero attached hydrogens (tertiary/aromatic N) is 1. The van der Waals surface area contributed by atoms with Gasteiger partial charge in [-0.25, -0.2) is 9.78 Å². The van der Waals surface area contributed by atoms with Crippen LogP contribution >= 0.6 is 0 Å². The summed E-state index contributed by atoms with van der Waals surface area (Å²) in [4.78, 5) is 30.0. The van der Waals surface area contributed by atoms with Crippen molar-refractivity contribution < 1.29 is 23.8 Å². The van der Waals surface area contributed by atoms with Crippen molar-refractivity contribution in [3.63, 3.8) is 0 Å². The second-order valence-electron chi connectivity index (χ2n) is 7.76. The highest BCUT2D eigenvalue weighted by atomic mass is 16.6. The lowest BCUT2D eigenvalue weighted by Gasteiger charge is -2.19. The minimum atomic E-state index is -0.877. The van der Waals surface area contributed by atoms with Crippen molar-refractivity contribution >= 4 is 22.8 Å². The van der Waals surface area contributed by atoms with E-state index in [1.54, 1.807) is 13.0 Å². The molecule has 1 aromatic heterocycles. The Labute approximate surface area is 179 Å². The van der Waals surface area contributed by atoms with E-state index in [2.05, 4.69) is 5.32 Å². The van der Waals surface area contributed by atoms with E-state index >= 15 is 0 Å². The molecule has 2 heterocycles. The van der Waals surface area contributed by atoms with Gasteiger partial charge in [0.05, 0.1) is 16.8 Å². The first-order valence-electron chi connectivity index (χ1n) is 10.4. The summed E-state index contributed by atoms with van der Waals surface area (Å²) in [5.41, 5.74) is 2.43. The molecule has 0 saturated heterocycles. The Hall–Kier alpha value is -3.61. The molecule has 0 bridgehead atoms. The number of aromatic nitrogens is 1. The molecule has 2 aromatic carbocycles. The summed E-state index contributed by atoms with van der Waals surface area (Å²) < 4.78 is 16.8. The van der Waals surface area contributed by atoms with E-state index in [4.69, 9.17) is 19.2 Å². The highest BCUT2D eigenvalue weighted by Gasteiger charge is 2.28. The molecule has 1 amide bonds. The molecule has 1 saturated carbocycles. The highest BCUT2D eigenvalue weighted by molar-refractivity contribution is 6.05. The molecule has 2 aliphatic rings. The molecule has 7 nitrogen and oxygen atoms in total. The molecule has 5 rings (SSSR count). The standard InChI is InChI=1S/C24H22N2O5/c1-14(23(27)25-16-7-8-16)31-24(28)18-13-20(26-19-5-3-2-4-17(18)19)15-6-9-21-22(12-15)30-11-10-29-21/h2-6,9,12-14,16H,7-8,10-11H2,1H3,(H,25,27)/t14-/m0/s1. The number of para-hydroxylation sites is 1. The summed E-state index contributed by atoms with van der Waals surface area (Å²) in [5, 5.41) is 3.53. The molecule has 0 spiro atoms. The van der Waals surface area contributed by atoms with Gasteiger partial charge >= 0.3 is 5.97 Å². The van der Waals surface area contributed by atoms with Crippen LogP contribution in [-0.4, -0.2) is 42.2 Å². The fourth-order valence-corrected chi connectivity index (χ4v) is 3.52. The van der Waals surface area contributed by atoms with Crippen LogP contribution in [0, 0.1) is 0 Å². The summed E-state index contributed by atoms with van der Waals surface area (Å²) in [5.74, 6) is 0.497. The Morgan fingerprint density at radius 3 is 2.65 bits per heavy atom. The highest BCUT2D eigenvalue weighted by Crippen LogP contribution is 2.35. The molecule has 1 fully saturated rings. The van der Waals surface area contributed by atoms with E-state index in [1.165, 1.54) is 0 Å². The van der Waals surface area contributed by atoms with Crippen molar-refractivity contribution in [3.8, 4) is 22.8 Å². The number of hydrogen-bond acceptors (Lipinski definition) is 6. The van der Waals surface area contributed by atoms with Gasteiger partial charge < -0.3 is 19.5 Å². The summed E-state index contributed by atoms with van der Waals surface area (Å²) in [7, 11) is 0. The Morgan fingerprint density at radius 1 is 1.06 bits per heavy atom. The minimum absolute atomic E-state index is 0.206. The van der Waals surface area contributed by atoms with Crippen LogP contribution in [0.5, 0.6) is 11.5 Å². The average Bonchev–Trinajstić information content (AvgIpc) is 3.61. The molecule has 1 aliphatic heterocycles. The summed E-state index contributed by atoms with van der Waals surface area (Å²) in [6, 6.07) is 14.8. The van der Waals surface area contributed by atoms with Crippen LogP contribution in [0.25, 0.3) is 22.2 Å². The molecule has 1 N–H and O–H groups in total. The van der Waals surface area contributed by atoms with E-state index in [1.807, 2.05) is 42.5 Å². The molecule has 7 heteroatoms. The van der Waals surface area contributed by atoms with Gasteiger partial charge in [0.25, 0.3) is 5.91 Å². The van der Waals surface area contributed by atoms with Crippen molar-refractivity contribution in [1.29, 1.82) is 0 Å². The summed E-state index contributed by atoms with van der Waals surface area (Å²) >= 11 is 0. The van der Waals surface area contributed by atoms with Gasteiger partial charge in [0.2, 0.25) is 0 Å². The van der Waals surface area contributed by atoms with Crippen LogP contribution < -0.4 is 14.8 Å². The third-order valence-corrected chi connectivity index (χ3v) is 5.35. The number of amides is 1. The van der Waals surface area contributed by atoms with Gasteiger partial charge in [-0.15, -0.1) is 0 Å². The van der Waals surface area contributed by atoms with Crippen LogP contribution in [0.3, 0.4) is 0 Å². The predicted molar refractivity (Wildman–Crippen MR) is 114 cm³/mol. The first kappa shape index (κ1) is 19.4. The smallest absolute Gasteiger partial charge is 0.339 e. The van der Waals surface area contributed by atoms with Crippen LogP contribution in [0.1, 0.15) is 30.1 Å². The Morgan fingerprint density at radius 2 is 1.84 bits per heavy atom. The van der Waals surface area contributed by atoms with Gasteiger partial charge in [-0.05, 0) is 50.1 Å². The number of esters is 1. The Kier molecular flexibility index (Phi) is 4.94. The number of fused-ring (bicyclic) bond motifs is 2. The maximum absolute atomic E-state index is 13.0. The fraction of sp³-hybridized carbons (Fsp3) is 0.292. The summed E-state index contributed by atoms with van der Waals surface area (Å²) in [6.45, 7) is 2.59. The van der Waals surface area contributed by atoms with Crippen molar-refractivity contribution in [2.24, 2.45) is 0 Å². The lowest BCUT2D eigenvalue weighted by atomic mass is 10.0. The minimum Gasteiger partial charge on any atom is -0.486 e. The van der Waals surface area contributed by atoms with Crippen LogP contribution in [0.4, 0.5) is 0 Å². The van der Waals surface area contributed by atoms with Gasteiger partial charge in [-0.2, -0.15) is 0 Å². The average molecular weight is 418 g/mol. The molecule has 3 aromatic rings. The molecule has 0 radical (unpaired) electrons. The van der Waals surface area contributed by atoms with Gasteiger partial charge in [-0.3, -0.25) is 4.79 Å². The van der Waals surface area contributed by atoms with Crippen LogP contribution in [0.15, 0.2) is 48.5 Å². The number of nitrogens with one attached hydrogen (secondary N) is 1. The van der Waals surface area contributed by atoms with Crippen molar-refractivity contribution in [1.82, 2.24) is 10.3 Å². The van der Waals surface area contributed by atoms with Gasteiger partial charge in [-0.1, -0.05) is 18.2 Å². The first-order chi connectivity index (χ1) is 15.1. The van der Waals surface area contributed by atoms with E-state index in [0.29, 0.717) is 46.9 Å². The zero-order valence-corrected chi connectivity index (χ0v) is 17.1. The fourth-order valence-electron chi connectivity index (χ4n) is 3.52. The molecule has 31 heavy (non-hydrogen) atoms. The second-order valence-corrected chi connectivity index (χ2v) is 7.76. The van der Waals surface area contributed by atoms with Crippen LogP contribution in [0.2, 0.25) is 0 Å². The SMILES string of the molecule is C[C@H](OC(=O)c1cc(-c2ccc3c(c2)OCCO3)nc2ccccc12)C(=O)NC1CC1. The third kappa shape index (κ3) is 4.03. The number of benzene rings is 2. The quantitative estimate of drug-likeness (QED) is 0.639. The number of carbonyl (C=O) groups is 2. The maximum atomic E-state index is 13.0. The summed E-state index contributed by atoms with van der Waals surface area (Å²) in [6.07, 6.45) is 1.07. The lowest BCUT2D eigenvalue weighted by Crippen LogP contribution is -2.37. The number of hydrogen-bond donors (Lipinski definition) is 1. The Balaban J connectivity index is 1.48. The van der Waals surface area contributed by atoms with Crippen LogP contribution in [-0.2, 0) is 9.53 Å². The zero-order chi connectivity index (χ0) is 21.4. The molecule has 0 unspecified atom stereocenters. The third-order valence-electron chi connectivity index (χ3n) is 5.35. The largest absolute Gasteiger partial charge is 0.486 e. The second kappa shape index (κ2) is 7.91. The van der Waals surface area contributed by atoms with Crippen molar-refractivity contribution in [2.45, 2.75) is 31.9 Å². The molecule has 158 valence electrons. The number of rotatable bonds is 5. The first-order valence-corrected chi connectivity index (χ1v) is 10.4. The zero-order valence-electron chi connectivity index (χ0n) is 17.1. The van der Waals surface area contributed by atoms with Gasteiger partial charge in [0, 0.05) is 17.0 Å². The van der Waals surface area contributed by atoms with E-state index in [9.17, 15) is 9.59 Å². The lowest BCUT2D eigenvalue weighted by molar-refractivity contribution is -0.129. The van der Waals surface area contributed by atoms with E-state index < -0.39 is 12.1 Å².